The summed E-state index contributed by atoms with van der Waals surface area (Å²) >= 11 is 0. The minimum Gasteiger partial charge on any atom is -0.481 e. The van der Waals surface area contributed by atoms with Crippen LogP contribution in [0.25, 0.3) is 0 Å². The second-order valence-corrected chi connectivity index (χ2v) is 11.5. The van der Waals surface area contributed by atoms with E-state index in [0.29, 0.717) is 12.8 Å². The largest absolute Gasteiger partial charge is 0.481 e. The first-order chi connectivity index (χ1) is 19.5. The van der Waals surface area contributed by atoms with Gasteiger partial charge in [0.2, 0.25) is 0 Å². The van der Waals surface area contributed by atoms with E-state index < -0.39 is 11.9 Å². The Labute approximate surface area is 249 Å². The van der Waals surface area contributed by atoms with Gasteiger partial charge in [0.05, 0.1) is 0 Å². The molecule has 0 aromatic rings. The zero-order valence-electron chi connectivity index (χ0n) is 26.8. The molecule has 0 aliphatic carbocycles. The van der Waals surface area contributed by atoms with Crippen molar-refractivity contribution in [3.8, 4) is 0 Å². The number of carboxylic acids is 2. The molecule has 0 aromatic carbocycles. The summed E-state index contributed by atoms with van der Waals surface area (Å²) < 4.78 is 0. The SMILES string of the molecule is CCCCCCCCCCC/C=C\CCCCC(=O)O.CCCCCCCCCCCC=CCCCCC(=O)O. The third kappa shape index (κ3) is 43.5. The molecule has 0 aromatic heterocycles. The molecular weight excluding hydrogens is 496 g/mol. The Kier molecular flexibility index (Phi) is 37.9. The van der Waals surface area contributed by atoms with Gasteiger partial charge >= 0.3 is 11.9 Å². The smallest absolute Gasteiger partial charge is 0.303 e. The topological polar surface area (TPSA) is 74.6 Å². The molecule has 2 N–H and O–H groups in total. The second-order valence-electron chi connectivity index (χ2n) is 11.5. The Bertz CT molecular complexity index is 517. The molecule has 4 heteroatoms. The normalized spacial score (nSPS) is 11.2. The molecule has 0 atom stereocenters. The zero-order valence-corrected chi connectivity index (χ0v) is 26.8. The van der Waals surface area contributed by atoms with Crippen LogP contribution >= 0.6 is 0 Å². The predicted octanol–water partition coefficient (Wildman–Crippen LogP) is 12.2. The first-order valence-corrected chi connectivity index (χ1v) is 17.3. The van der Waals surface area contributed by atoms with Crippen LogP contribution in [-0.4, -0.2) is 22.2 Å². The van der Waals surface area contributed by atoms with Crippen LogP contribution in [0.1, 0.15) is 194 Å². The van der Waals surface area contributed by atoms with Gasteiger partial charge in [-0.15, -0.1) is 0 Å². The highest BCUT2D eigenvalue weighted by atomic mass is 16.4. The van der Waals surface area contributed by atoms with Crippen molar-refractivity contribution in [2.24, 2.45) is 0 Å². The van der Waals surface area contributed by atoms with Gasteiger partial charge in [0, 0.05) is 12.8 Å². The van der Waals surface area contributed by atoms with Gasteiger partial charge in [-0.2, -0.15) is 0 Å². The zero-order chi connectivity index (χ0) is 29.8. The number of aliphatic carboxylic acids is 2. The number of hydrogen-bond acceptors (Lipinski definition) is 2. The van der Waals surface area contributed by atoms with E-state index in [4.69, 9.17) is 10.2 Å². The lowest BCUT2D eigenvalue weighted by molar-refractivity contribution is -0.138. The molecule has 4 nitrogen and oxygen atoms in total. The maximum Gasteiger partial charge on any atom is 0.303 e. The van der Waals surface area contributed by atoms with E-state index in [0.717, 1.165) is 38.5 Å². The molecule has 0 unspecified atom stereocenters. The number of unbranched alkanes of at least 4 members (excludes halogenated alkanes) is 22. The van der Waals surface area contributed by atoms with Gasteiger partial charge in [-0.1, -0.05) is 141 Å². The fraction of sp³-hybridized carbons (Fsp3) is 0.833. The summed E-state index contributed by atoms with van der Waals surface area (Å²) in [5, 5.41) is 17.0. The molecular formula is C36H68O4. The lowest BCUT2D eigenvalue weighted by Gasteiger charge is -2.00. The van der Waals surface area contributed by atoms with Crippen molar-refractivity contribution >= 4 is 11.9 Å². The first kappa shape index (κ1) is 40.6. The van der Waals surface area contributed by atoms with Crippen LogP contribution in [0.5, 0.6) is 0 Å². The van der Waals surface area contributed by atoms with Crippen LogP contribution in [0.3, 0.4) is 0 Å². The molecule has 0 spiro atoms. The third-order valence-electron chi connectivity index (χ3n) is 7.30. The summed E-state index contributed by atoms with van der Waals surface area (Å²) in [6.45, 7) is 4.53. The van der Waals surface area contributed by atoms with Crippen molar-refractivity contribution in [1.82, 2.24) is 0 Å². The van der Waals surface area contributed by atoms with E-state index in [1.54, 1.807) is 0 Å². The van der Waals surface area contributed by atoms with E-state index in [1.807, 2.05) is 0 Å². The van der Waals surface area contributed by atoms with Crippen LogP contribution in [0.4, 0.5) is 0 Å². The Morgan fingerprint density at radius 1 is 0.375 bits per heavy atom. The summed E-state index contributed by atoms with van der Waals surface area (Å²) in [5.74, 6) is -1.35. The van der Waals surface area contributed by atoms with Crippen molar-refractivity contribution in [3.05, 3.63) is 24.3 Å². The molecule has 0 radical (unpaired) electrons. The number of carbonyl (C=O) groups is 2. The average Bonchev–Trinajstić information content (AvgIpc) is 2.93. The van der Waals surface area contributed by atoms with Gasteiger partial charge < -0.3 is 10.2 Å². The molecule has 0 saturated carbocycles. The summed E-state index contributed by atoms with van der Waals surface area (Å²) in [6, 6.07) is 0. The van der Waals surface area contributed by atoms with E-state index in [2.05, 4.69) is 38.2 Å². The van der Waals surface area contributed by atoms with Crippen molar-refractivity contribution in [1.29, 1.82) is 0 Å². The Morgan fingerprint density at radius 2 is 0.600 bits per heavy atom. The van der Waals surface area contributed by atoms with Crippen LogP contribution in [0, 0.1) is 0 Å². The van der Waals surface area contributed by atoms with Crippen LogP contribution in [-0.2, 0) is 9.59 Å². The fourth-order valence-electron chi connectivity index (χ4n) is 4.69. The van der Waals surface area contributed by atoms with Gasteiger partial charge in [0.1, 0.15) is 0 Å². The van der Waals surface area contributed by atoms with Crippen LogP contribution in [0.15, 0.2) is 24.3 Å². The molecule has 0 saturated heterocycles. The summed E-state index contributed by atoms with van der Waals surface area (Å²) in [6.07, 6.45) is 42.5. The average molecular weight is 565 g/mol. The maximum absolute atomic E-state index is 10.3. The standard InChI is InChI=1S/2C18H34O2/c2*1-2-3-4-5-6-7-8-9-10-11-12-13-14-15-16-17-18(19)20/h2*12-13H,2-11,14-17H2,1H3,(H,19,20)/b13-12-;. The highest BCUT2D eigenvalue weighted by Crippen LogP contribution is 2.12. The maximum atomic E-state index is 10.3. The van der Waals surface area contributed by atoms with E-state index >= 15 is 0 Å². The molecule has 0 heterocycles. The second kappa shape index (κ2) is 37.4. The van der Waals surface area contributed by atoms with Gasteiger partial charge in [-0.25, -0.2) is 0 Å². The molecule has 0 aliphatic rings. The van der Waals surface area contributed by atoms with Crippen LogP contribution in [0.2, 0.25) is 0 Å². The third-order valence-corrected chi connectivity index (χ3v) is 7.30. The molecule has 0 amide bonds. The first-order valence-electron chi connectivity index (χ1n) is 17.3. The Balaban J connectivity index is 0. The minimum atomic E-state index is -0.677. The Hall–Kier alpha value is -1.58. The van der Waals surface area contributed by atoms with E-state index in [1.165, 1.54) is 128 Å². The van der Waals surface area contributed by atoms with Gasteiger partial charge in [0.15, 0.2) is 0 Å². The molecule has 236 valence electrons. The number of hydrogen-bond donors (Lipinski definition) is 2. The van der Waals surface area contributed by atoms with Crippen molar-refractivity contribution < 1.29 is 19.8 Å². The van der Waals surface area contributed by atoms with E-state index in [9.17, 15) is 9.59 Å². The molecule has 0 fully saturated rings. The summed E-state index contributed by atoms with van der Waals surface area (Å²) in [4.78, 5) is 20.6. The number of rotatable bonds is 30. The predicted molar refractivity (Wildman–Crippen MR) is 174 cm³/mol. The molecule has 0 bridgehead atoms. The minimum absolute atomic E-state index is 0.312. The van der Waals surface area contributed by atoms with E-state index in [-0.39, 0.29) is 0 Å². The number of allylic oxidation sites excluding steroid dienone is 4. The summed E-state index contributed by atoms with van der Waals surface area (Å²) in [7, 11) is 0. The monoisotopic (exact) mass is 565 g/mol. The molecule has 0 aliphatic heterocycles. The lowest BCUT2D eigenvalue weighted by Crippen LogP contribution is -1.92. The highest BCUT2D eigenvalue weighted by Gasteiger charge is 1.96. The van der Waals surface area contributed by atoms with Crippen molar-refractivity contribution in [2.45, 2.75) is 194 Å². The molecule has 0 rings (SSSR count). The van der Waals surface area contributed by atoms with Crippen molar-refractivity contribution in [2.75, 3.05) is 0 Å². The number of carboxylic acid groups (broad SMARTS) is 2. The fourth-order valence-corrected chi connectivity index (χ4v) is 4.69. The van der Waals surface area contributed by atoms with Gasteiger partial charge in [-0.05, 0) is 64.2 Å². The molecule has 40 heavy (non-hydrogen) atoms. The summed E-state index contributed by atoms with van der Waals surface area (Å²) in [5.41, 5.74) is 0. The van der Waals surface area contributed by atoms with Gasteiger partial charge in [0.25, 0.3) is 0 Å². The Morgan fingerprint density at radius 3 is 0.850 bits per heavy atom. The van der Waals surface area contributed by atoms with Crippen LogP contribution < -0.4 is 0 Å². The highest BCUT2D eigenvalue weighted by molar-refractivity contribution is 5.66. The quantitative estimate of drug-likeness (QED) is 0.0672. The lowest BCUT2D eigenvalue weighted by atomic mass is 10.1. The van der Waals surface area contributed by atoms with Gasteiger partial charge in [-0.3, -0.25) is 9.59 Å². The van der Waals surface area contributed by atoms with Crippen molar-refractivity contribution in [3.63, 3.8) is 0 Å².